The Morgan fingerprint density at radius 2 is 1.93 bits per heavy atom. The number of piperidine rings is 1. The topological polar surface area (TPSA) is 69.6 Å². The summed E-state index contributed by atoms with van der Waals surface area (Å²) in [4.78, 5) is 26.7. The van der Waals surface area contributed by atoms with Gasteiger partial charge in [0.15, 0.2) is 0 Å². The van der Waals surface area contributed by atoms with Crippen molar-refractivity contribution < 1.29 is 19.1 Å². The van der Waals surface area contributed by atoms with E-state index >= 15 is 0 Å². The van der Waals surface area contributed by atoms with Crippen LogP contribution in [0.3, 0.4) is 0 Å². The van der Waals surface area contributed by atoms with Gasteiger partial charge in [-0.1, -0.05) is 22.0 Å². The Morgan fingerprint density at radius 1 is 1.19 bits per heavy atom. The number of hydrogen-bond acceptors (Lipinski definition) is 3. The van der Waals surface area contributed by atoms with E-state index in [1.54, 1.807) is 35.2 Å². The van der Waals surface area contributed by atoms with Crippen LogP contribution in [0.2, 0.25) is 0 Å². The number of nitrogens with zero attached hydrogens (tertiary/aromatic N) is 1. The molecule has 0 unspecified atom stereocenters. The molecule has 1 aliphatic rings. The van der Waals surface area contributed by atoms with Crippen LogP contribution in [0, 0.1) is 11.7 Å². The zero-order valence-electron chi connectivity index (χ0n) is 14.6. The van der Waals surface area contributed by atoms with E-state index in [0.29, 0.717) is 28.8 Å². The Balaban J connectivity index is 1.70. The molecule has 1 aliphatic heterocycles. The lowest BCUT2D eigenvalue weighted by Gasteiger charge is -2.31. The van der Waals surface area contributed by atoms with Crippen LogP contribution in [-0.2, 0) is 0 Å². The monoisotopic (exact) mass is 434 g/mol. The SMILES string of the molecule is O=C(Nc1cccc(C(=O)N2CCC(CO)CC2)c1)c1ccc(Br)cc1F. The predicted molar refractivity (Wildman–Crippen MR) is 104 cm³/mol. The number of rotatable bonds is 4. The van der Waals surface area contributed by atoms with E-state index in [4.69, 9.17) is 0 Å². The maximum Gasteiger partial charge on any atom is 0.258 e. The number of carbonyl (C=O) groups excluding carboxylic acids is 2. The van der Waals surface area contributed by atoms with Crippen LogP contribution in [0.25, 0.3) is 0 Å². The molecule has 2 N–H and O–H groups in total. The fourth-order valence-corrected chi connectivity index (χ4v) is 3.44. The molecule has 7 heteroatoms. The smallest absolute Gasteiger partial charge is 0.258 e. The fourth-order valence-electron chi connectivity index (χ4n) is 3.10. The number of aliphatic hydroxyl groups excluding tert-OH is 1. The third kappa shape index (κ3) is 4.73. The molecule has 0 atom stereocenters. The highest BCUT2D eigenvalue weighted by molar-refractivity contribution is 9.10. The van der Waals surface area contributed by atoms with Crippen molar-refractivity contribution in [1.29, 1.82) is 0 Å². The second kappa shape index (κ2) is 8.63. The molecule has 0 radical (unpaired) electrons. The highest BCUT2D eigenvalue weighted by atomic mass is 79.9. The van der Waals surface area contributed by atoms with Crippen molar-refractivity contribution in [3.63, 3.8) is 0 Å². The van der Waals surface area contributed by atoms with Crippen molar-refractivity contribution in [2.45, 2.75) is 12.8 Å². The first-order chi connectivity index (χ1) is 13.0. The summed E-state index contributed by atoms with van der Waals surface area (Å²) < 4.78 is 14.5. The Kier molecular flexibility index (Phi) is 6.23. The quantitative estimate of drug-likeness (QED) is 0.770. The molecule has 0 bridgehead atoms. The highest BCUT2D eigenvalue weighted by Gasteiger charge is 2.23. The van der Waals surface area contributed by atoms with Gasteiger partial charge in [-0.2, -0.15) is 0 Å². The van der Waals surface area contributed by atoms with E-state index in [1.807, 2.05) is 0 Å². The largest absolute Gasteiger partial charge is 0.396 e. The second-order valence-electron chi connectivity index (χ2n) is 6.58. The van der Waals surface area contributed by atoms with Crippen LogP contribution in [0.4, 0.5) is 10.1 Å². The number of carbonyl (C=O) groups is 2. The third-order valence-corrected chi connectivity index (χ3v) is 5.20. The van der Waals surface area contributed by atoms with Gasteiger partial charge < -0.3 is 15.3 Å². The molecule has 142 valence electrons. The van der Waals surface area contributed by atoms with Crippen LogP contribution in [0.15, 0.2) is 46.9 Å². The molecule has 1 heterocycles. The van der Waals surface area contributed by atoms with Gasteiger partial charge >= 0.3 is 0 Å². The van der Waals surface area contributed by atoms with Gasteiger partial charge in [0, 0.05) is 35.4 Å². The van der Waals surface area contributed by atoms with Gasteiger partial charge in [0.2, 0.25) is 0 Å². The summed E-state index contributed by atoms with van der Waals surface area (Å²) in [5.74, 6) is -1.06. The minimum Gasteiger partial charge on any atom is -0.396 e. The summed E-state index contributed by atoms with van der Waals surface area (Å²) in [6.07, 6.45) is 1.56. The third-order valence-electron chi connectivity index (χ3n) is 4.70. The maximum atomic E-state index is 13.9. The first-order valence-electron chi connectivity index (χ1n) is 8.74. The molecule has 5 nitrogen and oxygen atoms in total. The van der Waals surface area contributed by atoms with Crippen molar-refractivity contribution in [2.24, 2.45) is 5.92 Å². The average Bonchev–Trinajstić information content (AvgIpc) is 2.67. The standard InChI is InChI=1S/C20H20BrFN2O3/c21-15-4-5-17(18(22)11-15)19(26)23-16-3-1-2-14(10-16)20(27)24-8-6-13(12-25)7-9-24/h1-5,10-11,13,25H,6-9,12H2,(H,23,26). The Hall–Kier alpha value is -2.25. The Bertz CT molecular complexity index is 851. The fraction of sp³-hybridized carbons (Fsp3) is 0.300. The summed E-state index contributed by atoms with van der Waals surface area (Å²) in [7, 11) is 0. The number of likely N-dealkylation sites (tertiary alicyclic amines) is 1. The molecular weight excluding hydrogens is 415 g/mol. The minimum atomic E-state index is -0.624. The number of benzene rings is 2. The lowest BCUT2D eigenvalue weighted by molar-refractivity contribution is 0.0650. The summed E-state index contributed by atoms with van der Waals surface area (Å²) in [6.45, 7) is 1.35. The van der Waals surface area contributed by atoms with Crippen molar-refractivity contribution in [3.05, 3.63) is 63.9 Å². The zero-order chi connectivity index (χ0) is 19.4. The van der Waals surface area contributed by atoms with E-state index in [2.05, 4.69) is 21.2 Å². The molecule has 0 saturated carbocycles. The summed E-state index contributed by atoms with van der Waals surface area (Å²) >= 11 is 3.16. The Labute approximate surface area is 165 Å². The molecular formula is C20H20BrFN2O3. The van der Waals surface area contributed by atoms with E-state index < -0.39 is 11.7 Å². The summed E-state index contributed by atoms with van der Waals surface area (Å²) in [5, 5.41) is 11.8. The summed E-state index contributed by atoms with van der Waals surface area (Å²) in [5.41, 5.74) is 0.825. The number of anilines is 1. The first-order valence-corrected chi connectivity index (χ1v) is 9.54. The van der Waals surface area contributed by atoms with Crippen LogP contribution >= 0.6 is 15.9 Å². The number of nitrogens with one attached hydrogen (secondary N) is 1. The number of halogens is 2. The Morgan fingerprint density at radius 3 is 2.59 bits per heavy atom. The van der Waals surface area contributed by atoms with Crippen LogP contribution in [-0.4, -0.2) is 41.5 Å². The maximum absolute atomic E-state index is 13.9. The molecule has 0 aromatic heterocycles. The van der Waals surface area contributed by atoms with Gasteiger partial charge in [-0.15, -0.1) is 0 Å². The predicted octanol–water partition coefficient (Wildman–Crippen LogP) is 3.69. The van der Waals surface area contributed by atoms with E-state index in [1.165, 1.54) is 12.1 Å². The van der Waals surface area contributed by atoms with E-state index in [0.717, 1.165) is 12.8 Å². The normalized spacial score (nSPS) is 14.9. The van der Waals surface area contributed by atoms with Gasteiger partial charge in [-0.05, 0) is 55.2 Å². The first kappa shape index (κ1) is 19.5. The van der Waals surface area contributed by atoms with Crippen LogP contribution < -0.4 is 5.32 Å². The van der Waals surface area contributed by atoms with Crippen LogP contribution in [0.5, 0.6) is 0 Å². The van der Waals surface area contributed by atoms with Crippen LogP contribution in [0.1, 0.15) is 33.6 Å². The van der Waals surface area contributed by atoms with E-state index in [9.17, 15) is 19.1 Å². The van der Waals surface area contributed by atoms with Gasteiger partial charge in [-0.25, -0.2) is 4.39 Å². The number of aliphatic hydroxyl groups is 1. The summed E-state index contributed by atoms with van der Waals surface area (Å²) in [6, 6.07) is 10.8. The van der Waals surface area contributed by atoms with Crippen molar-refractivity contribution in [2.75, 3.05) is 25.0 Å². The van der Waals surface area contributed by atoms with Gasteiger partial charge in [0.25, 0.3) is 11.8 Å². The van der Waals surface area contributed by atoms with Crippen molar-refractivity contribution >= 4 is 33.4 Å². The number of hydrogen-bond donors (Lipinski definition) is 2. The molecule has 0 aliphatic carbocycles. The minimum absolute atomic E-state index is 0.0685. The lowest BCUT2D eigenvalue weighted by Crippen LogP contribution is -2.39. The molecule has 0 spiro atoms. The zero-order valence-corrected chi connectivity index (χ0v) is 16.2. The van der Waals surface area contributed by atoms with Crippen molar-refractivity contribution in [1.82, 2.24) is 4.90 Å². The van der Waals surface area contributed by atoms with Crippen molar-refractivity contribution in [3.8, 4) is 0 Å². The molecule has 1 fully saturated rings. The average molecular weight is 435 g/mol. The molecule has 1 saturated heterocycles. The second-order valence-corrected chi connectivity index (χ2v) is 7.49. The molecule has 3 rings (SSSR count). The van der Waals surface area contributed by atoms with Gasteiger partial charge in [0.05, 0.1) is 5.56 Å². The molecule has 2 aromatic carbocycles. The number of amides is 2. The molecule has 2 amide bonds. The van der Waals surface area contributed by atoms with E-state index in [-0.39, 0.29) is 24.0 Å². The molecule has 27 heavy (non-hydrogen) atoms. The van der Waals surface area contributed by atoms with Gasteiger partial charge in [-0.3, -0.25) is 9.59 Å². The highest BCUT2D eigenvalue weighted by Crippen LogP contribution is 2.21. The molecule has 2 aromatic rings. The lowest BCUT2D eigenvalue weighted by atomic mass is 9.97. The van der Waals surface area contributed by atoms with Gasteiger partial charge in [0.1, 0.15) is 5.82 Å².